The van der Waals surface area contributed by atoms with E-state index in [0.29, 0.717) is 28.6 Å². The van der Waals surface area contributed by atoms with Gasteiger partial charge in [-0.2, -0.15) is 4.31 Å². The zero-order valence-corrected chi connectivity index (χ0v) is 19.0. The van der Waals surface area contributed by atoms with Crippen molar-refractivity contribution in [2.24, 2.45) is 0 Å². The van der Waals surface area contributed by atoms with Crippen molar-refractivity contribution in [3.05, 3.63) is 100 Å². The summed E-state index contributed by atoms with van der Waals surface area (Å²) in [6.45, 7) is 0.110. The maximum atomic E-state index is 13.2. The number of halogens is 2. The number of hydrogen-bond donors (Lipinski definition) is 1. The number of nitrogens with zero attached hydrogens (tertiary/aromatic N) is 1. The van der Waals surface area contributed by atoms with Crippen molar-refractivity contribution in [2.45, 2.75) is 17.9 Å². The molecule has 162 valence electrons. The lowest BCUT2D eigenvalue weighted by Gasteiger charge is -2.22. The second kappa shape index (κ2) is 10.8. The molecule has 5 nitrogen and oxygen atoms in total. The van der Waals surface area contributed by atoms with Crippen LogP contribution in [0.2, 0.25) is 10.0 Å². The molecule has 31 heavy (non-hydrogen) atoms. The highest BCUT2D eigenvalue weighted by atomic mass is 35.5. The van der Waals surface area contributed by atoms with Crippen LogP contribution in [0.25, 0.3) is 0 Å². The maximum Gasteiger partial charge on any atom is 0.243 e. The Labute approximate surface area is 192 Å². The van der Waals surface area contributed by atoms with E-state index in [9.17, 15) is 13.2 Å². The summed E-state index contributed by atoms with van der Waals surface area (Å²) in [5.74, 6) is -0.379. The fourth-order valence-electron chi connectivity index (χ4n) is 3.03. The summed E-state index contributed by atoms with van der Waals surface area (Å²) in [6.07, 6.45) is 0.658. The molecule has 0 aliphatic rings. The van der Waals surface area contributed by atoms with Gasteiger partial charge in [0.1, 0.15) is 0 Å². The van der Waals surface area contributed by atoms with Crippen molar-refractivity contribution in [1.82, 2.24) is 9.62 Å². The number of benzene rings is 3. The highest BCUT2D eigenvalue weighted by molar-refractivity contribution is 7.89. The smallest absolute Gasteiger partial charge is 0.243 e. The van der Waals surface area contributed by atoms with Crippen molar-refractivity contribution in [3.63, 3.8) is 0 Å². The molecular weight excluding hydrogens is 455 g/mol. The van der Waals surface area contributed by atoms with Crippen LogP contribution in [0.4, 0.5) is 0 Å². The Hall–Kier alpha value is -2.38. The van der Waals surface area contributed by atoms with Crippen LogP contribution in [-0.2, 0) is 27.8 Å². The van der Waals surface area contributed by atoms with Gasteiger partial charge < -0.3 is 5.32 Å². The summed E-state index contributed by atoms with van der Waals surface area (Å²) in [6, 6.07) is 22.5. The van der Waals surface area contributed by atoms with E-state index in [-0.39, 0.29) is 23.9 Å². The van der Waals surface area contributed by atoms with Crippen LogP contribution in [0.1, 0.15) is 11.1 Å². The first-order valence-corrected chi connectivity index (χ1v) is 11.8. The molecule has 1 amide bonds. The summed E-state index contributed by atoms with van der Waals surface area (Å²) in [7, 11) is -3.93. The van der Waals surface area contributed by atoms with Gasteiger partial charge in [-0.1, -0.05) is 65.7 Å². The number of carbonyl (C=O) groups excluding carboxylic acids is 1. The molecule has 0 saturated carbocycles. The highest BCUT2D eigenvalue weighted by Gasteiger charge is 2.27. The van der Waals surface area contributed by atoms with Gasteiger partial charge in [0.15, 0.2) is 0 Å². The van der Waals surface area contributed by atoms with Gasteiger partial charge >= 0.3 is 0 Å². The topological polar surface area (TPSA) is 66.5 Å². The van der Waals surface area contributed by atoms with Gasteiger partial charge in [0.25, 0.3) is 0 Å². The van der Waals surface area contributed by atoms with Crippen LogP contribution in [0.3, 0.4) is 0 Å². The van der Waals surface area contributed by atoms with Gasteiger partial charge in [-0.25, -0.2) is 8.42 Å². The first-order chi connectivity index (χ1) is 14.8. The van der Waals surface area contributed by atoms with Gasteiger partial charge in [-0.05, 0) is 53.9 Å². The zero-order chi connectivity index (χ0) is 22.3. The Balaban J connectivity index is 1.74. The van der Waals surface area contributed by atoms with E-state index in [1.807, 2.05) is 30.3 Å². The number of carbonyl (C=O) groups is 1. The number of rotatable bonds is 9. The van der Waals surface area contributed by atoms with Crippen molar-refractivity contribution in [3.8, 4) is 0 Å². The molecule has 0 fully saturated rings. The molecule has 0 saturated heterocycles. The Bertz CT molecular complexity index is 1120. The molecule has 0 spiro atoms. The van der Waals surface area contributed by atoms with Gasteiger partial charge in [0.05, 0.1) is 11.4 Å². The molecule has 1 N–H and O–H groups in total. The Morgan fingerprint density at radius 2 is 1.52 bits per heavy atom. The number of hydrogen-bond acceptors (Lipinski definition) is 3. The van der Waals surface area contributed by atoms with Crippen LogP contribution >= 0.6 is 23.2 Å². The summed E-state index contributed by atoms with van der Waals surface area (Å²) in [4.78, 5) is 12.6. The molecule has 0 aliphatic heterocycles. The standard InChI is InChI=1S/C23H22Cl2N2O3S/c24-20-9-11-22(12-10-20)31(29,30)27(16-19-7-4-8-21(25)15-19)17-23(28)26-14-13-18-5-2-1-3-6-18/h1-12,15H,13-14,16-17H2,(H,26,28). The molecule has 0 bridgehead atoms. The first kappa shape index (κ1) is 23.3. The number of amides is 1. The van der Waals surface area contributed by atoms with Crippen LogP contribution in [0.5, 0.6) is 0 Å². The van der Waals surface area contributed by atoms with Gasteiger partial charge in [-0.15, -0.1) is 0 Å². The lowest BCUT2D eigenvalue weighted by atomic mass is 10.1. The predicted molar refractivity (Wildman–Crippen MR) is 124 cm³/mol. The summed E-state index contributed by atoms with van der Waals surface area (Å²) in [5, 5.41) is 3.72. The second-order valence-electron chi connectivity index (χ2n) is 6.94. The minimum atomic E-state index is -3.93. The largest absolute Gasteiger partial charge is 0.355 e. The van der Waals surface area contributed by atoms with E-state index in [2.05, 4.69) is 5.32 Å². The van der Waals surface area contributed by atoms with Gasteiger partial charge in [-0.3, -0.25) is 4.79 Å². The SMILES string of the molecule is O=C(CN(Cc1cccc(Cl)c1)S(=O)(=O)c1ccc(Cl)cc1)NCCc1ccccc1. The average Bonchev–Trinajstić information content (AvgIpc) is 2.74. The minimum absolute atomic E-state index is 0.0115. The van der Waals surface area contributed by atoms with Crippen molar-refractivity contribution >= 4 is 39.1 Å². The Morgan fingerprint density at radius 3 is 2.19 bits per heavy atom. The zero-order valence-electron chi connectivity index (χ0n) is 16.7. The van der Waals surface area contributed by atoms with Crippen molar-refractivity contribution < 1.29 is 13.2 Å². The minimum Gasteiger partial charge on any atom is -0.355 e. The molecular formula is C23H22Cl2N2O3S. The molecule has 0 atom stereocenters. The summed E-state index contributed by atoms with van der Waals surface area (Å²) in [5.41, 5.74) is 1.77. The van der Waals surface area contributed by atoms with E-state index in [4.69, 9.17) is 23.2 Å². The Morgan fingerprint density at radius 1 is 0.839 bits per heavy atom. The summed E-state index contributed by atoms with van der Waals surface area (Å²) >= 11 is 11.9. The van der Waals surface area contributed by atoms with E-state index >= 15 is 0 Å². The third kappa shape index (κ3) is 6.80. The summed E-state index contributed by atoms with van der Waals surface area (Å²) < 4.78 is 27.6. The fraction of sp³-hybridized carbons (Fsp3) is 0.174. The van der Waals surface area contributed by atoms with E-state index in [1.165, 1.54) is 24.3 Å². The second-order valence-corrected chi connectivity index (χ2v) is 9.75. The molecule has 0 aromatic heterocycles. The van der Waals surface area contributed by atoms with Crippen LogP contribution in [0, 0.1) is 0 Å². The third-order valence-electron chi connectivity index (χ3n) is 4.60. The predicted octanol–water partition coefficient (Wildman–Crippen LogP) is 4.54. The van der Waals surface area contributed by atoms with Crippen molar-refractivity contribution in [1.29, 1.82) is 0 Å². The van der Waals surface area contributed by atoms with Crippen LogP contribution < -0.4 is 5.32 Å². The molecule has 0 heterocycles. The third-order valence-corrected chi connectivity index (χ3v) is 6.89. The average molecular weight is 477 g/mol. The maximum absolute atomic E-state index is 13.2. The number of sulfonamides is 1. The van der Waals surface area contributed by atoms with E-state index in [1.54, 1.807) is 24.3 Å². The van der Waals surface area contributed by atoms with E-state index in [0.717, 1.165) is 9.87 Å². The molecule has 0 radical (unpaired) electrons. The van der Waals surface area contributed by atoms with E-state index < -0.39 is 10.0 Å². The molecule has 0 unspecified atom stereocenters. The fourth-order valence-corrected chi connectivity index (χ4v) is 4.75. The molecule has 8 heteroatoms. The quantitative estimate of drug-likeness (QED) is 0.492. The molecule has 3 aromatic rings. The lowest BCUT2D eigenvalue weighted by Crippen LogP contribution is -2.40. The lowest BCUT2D eigenvalue weighted by molar-refractivity contribution is -0.121. The Kier molecular flexibility index (Phi) is 8.09. The van der Waals surface area contributed by atoms with Gasteiger partial charge in [0.2, 0.25) is 15.9 Å². The molecule has 3 rings (SSSR count). The molecule has 3 aromatic carbocycles. The molecule has 0 aliphatic carbocycles. The number of nitrogens with one attached hydrogen (secondary N) is 1. The van der Waals surface area contributed by atoms with Gasteiger partial charge in [0, 0.05) is 23.1 Å². The monoisotopic (exact) mass is 476 g/mol. The first-order valence-electron chi connectivity index (χ1n) is 9.65. The normalized spacial score (nSPS) is 11.5. The highest BCUT2D eigenvalue weighted by Crippen LogP contribution is 2.21. The van der Waals surface area contributed by atoms with Crippen molar-refractivity contribution in [2.75, 3.05) is 13.1 Å². The van der Waals surface area contributed by atoms with Crippen LogP contribution in [0.15, 0.2) is 83.8 Å². The van der Waals surface area contributed by atoms with Crippen LogP contribution in [-0.4, -0.2) is 31.7 Å².